The molecule has 2 aromatic carbocycles. The van der Waals surface area contributed by atoms with Crippen molar-refractivity contribution in [3.05, 3.63) is 102 Å². The van der Waals surface area contributed by atoms with Crippen LogP contribution in [0.25, 0.3) is 11.3 Å². The van der Waals surface area contributed by atoms with Gasteiger partial charge in [-0.3, -0.25) is 9.78 Å². The Hall–Kier alpha value is -3.86. The van der Waals surface area contributed by atoms with Gasteiger partial charge in [0.15, 0.2) is 0 Å². The van der Waals surface area contributed by atoms with Gasteiger partial charge >= 0.3 is 0 Å². The Morgan fingerprint density at radius 2 is 1.66 bits per heavy atom. The fourth-order valence-electron chi connectivity index (χ4n) is 3.65. The molecule has 5 rings (SSSR count). The average molecular weight is 382 g/mol. The predicted molar refractivity (Wildman–Crippen MR) is 109 cm³/mol. The zero-order valence-electron chi connectivity index (χ0n) is 15.5. The molecule has 5 heteroatoms. The topological polar surface area (TPSA) is 64.4 Å². The summed E-state index contributed by atoms with van der Waals surface area (Å²) in [7, 11) is 0. The fourth-order valence-corrected chi connectivity index (χ4v) is 3.65. The Morgan fingerprint density at radius 3 is 2.34 bits per heavy atom. The lowest BCUT2D eigenvalue weighted by Gasteiger charge is -2.27. The molecule has 1 aliphatic rings. The molecule has 4 aromatic rings. The number of ether oxygens (including phenoxy) is 1. The Labute approximate surface area is 168 Å². The first-order valence-corrected chi connectivity index (χ1v) is 9.41. The molecule has 0 saturated heterocycles. The summed E-state index contributed by atoms with van der Waals surface area (Å²) in [6.07, 6.45) is 5.12. The summed E-state index contributed by atoms with van der Waals surface area (Å²) in [5.41, 5.74) is 3.52. The van der Waals surface area contributed by atoms with Crippen molar-refractivity contribution in [2.45, 2.75) is 12.5 Å². The molecule has 3 heterocycles. The maximum absolute atomic E-state index is 13.2. The van der Waals surface area contributed by atoms with E-state index in [0.717, 1.165) is 28.0 Å². The van der Waals surface area contributed by atoms with Gasteiger partial charge < -0.3 is 14.5 Å². The molecule has 2 aromatic heterocycles. The van der Waals surface area contributed by atoms with E-state index in [-0.39, 0.29) is 5.91 Å². The molecule has 0 atom stereocenters. The van der Waals surface area contributed by atoms with Crippen molar-refractivity contribution in [3.8, 4) is 22.8 Å². The van der Waals surface area contributed by atoms with E-state index < -0.39 is 5.92 Å². The normalized spacial score (nSPS) is 12.6. The number of nitrogens with zero attached hydrogens (tertiary/aromatic N) is 1. The molecular weight excluding hydrogens is 364 g/mol. The van der Waals surface area contributed by atoms with Crippen LogP contribution in [0.2, 0.25) is 0 Å². The standard InChI is InChI=1S/C24H18N2O3/c27-24(26-14-16-12-17(15-25-13-16)20-10-5-11-28-20)23-18-6-1-3-8-21(18)29-22-9-4-2-7-19(22)23/h1-13,15,23H,14H2,(H,26,27). The Bertz CT molecular complexity index is 1120. The number of furan rings is 1. The fraction of sp³-hybridized carbons (Fsp3) is 0.0833. The molecule has 0 unspecified atom stereocenters. The number of benzene rings is 2. The maximum atomic E-state index is 13.2. The quantitative estimate of drug-likeness (QED) is 0.545. The molecule has 5 nitrogen and oxygen atoms in total. The minimum absolute atomic E-state index is 0.0726. The van der Waals surface area contributed by atoms with Crippen molar-refractivity contribution in [2.24, 2.45) is 0 Å². The second-order valence-electron chi connectivity index (χ2n) is 6.89. The van der Waals surface area contributed by atoms with Crippen molar-refractivity contribution in [3.63, 3.8) is 0 Å². The molecule has 1 aliphatic heterocycles. The van der Waals surface area contributed by atoms with Crippen LogP contribution in [0.5, 0.6) is 11.5 Å². The highest BCUT2D eigenvalue weighted by Crippen LogP contribution is 2.43. The van der Waals surface area contributed by atoms with Crippen LogP contribution in [0, 0.1) is 0 Å². The number of hydrogen-bond acceptors (Lipinski definition) is 4. The lowest BCUT2D eigenvalue weighted by atomic mass is 9.87. The molecule has 0 spiro atoms. The van der Waals surface area contributed by atoms with E-state index >= 15 is 0 Å². The van der Waals surface area contributed by atoms with E-state index in [4.69, 9.17) is 9.15 Å². The van der Waals surface area contributed by atoms with Crippen LogP contribution in [0.15, 0.2) is 89.8 Å². The van der Waals surface area contributed by atoms with E-state index in [1.807, 2.05) is 66.7 Å². The van der Waals surface area contributed by atoms with Crippen LogP contribution < -0.4 is 10.1 Å². The van der Waals surface area contributed by atoms with E-state index in [1.54, 1.807) is 18.7 Å². The van der Waals surface area contributed by atoms with Gasteiger partial charge in [0.25, 0.3) is 0 Å². The third-order valence-corrected chi connectivity index (χ3v) is 5.01. The molecule has 142 valence electrons. The minimum Gasteiger partial charge on any atom is -0.464 e. The molecule has 0 bridgehead atoms. The maximum Gasteiger partial charge on any atom is 0.232 e. The van der Waals surface area contributed by atoms with Crippen LogP contribution in [-0.4, -0.2) is 10.9 Å². The summed E-state index contributed by atoms with van der Waals surface area (Å²) in [6, 6.07) is 21.0. The van der Waals surface area contributed by atoms with E-state index in [9.17, 15) is 4.79 Å². The molecule has 1 N–H and O–H groups in total. The average Bonchev–Trinajstić information content (AvgIpc) is 3.31. The molecule has 29 heavy (non-hydrogen) atoms. The van der Waals surface area contributed by atoms with Crippen molar-refractivity contribution >= 4 is 5.91 Å². The molecule has 1 amide bonds. The number of nitrogens with one attached hydrogen (secondary N) is 1. The monoisotopic (exact) mass is 382 g/mol. The number of carbonyl (C=O) groups is 1. The Balaban J connectivity index is 1.40. The highest BCUT2D eigenvalue weighted by atomic mass is 16.5. The molecule has 0 fully saturated rings. The lowest BCUT2D eigenvalue weighted by Crippen LogP contribution is -2.31. The Kier molecular flexibility index (Phi) is 4.33. The number of rotatable bonds is 4. The summed E-state index contributed by atoms with van der Waals surface area (Å²) in [5, 5.41) is 3.06. The molecule has 0 aliphatic carbocycles. The van der Waals surface area contributed by atoms with Gasteiger partial charge in [0.2, 0.25) is 5.91 Å². The lowest BCUT2D eigenvalue weighted by molar-refractivity contribution is -0.122. The first-order valence-electron chi connectivity index (χ1n) is 9.41. The van der Waals surface area contributed by atoms with Gasteiger partial charge in [0.1, 0.15) is 17.3 Å². The van der Waals surface area contributed by atoms with E-state index in [0.29, 0.717) is 18.0 Å². The Morgan fingerprint density at radius 1 is 0.931 bits per heavy atom. The van der Waals surface area contributed by atoms with Crippen molar-refractivity contribution in [2.75, 3.05) is 0 Å². The summed E-state index contributed by atoms with van der Waals surface area (Å²) < 4.78 is 11.4. The van der Waals surface area contributed by atoms with Crippen LogP contribution in [0.3, 0.4) is 0 Å². The number of aromatic nitrogens is 1. The molecule has 0 radical (unpaired) electrons. The van der Waals surface area contributed by atoms with Crippen LogP contribution >= 0.6 is 0 Å². The number of amides is 1. The van der Waals surface area contributed by atoms with E-state index in [1.165, 1.54) is 0 Å². The second-order valence-corrected chi connectivity index (χ2v) is 6.89. The van der Waals surface area contributed by atoms with Gasteiger partial charge in [0.05, 0.1) is 12.2 Å². The number of fused-ring (bicyclic) bond motifs is 2. The summed E-state index contributed by atoms with van der Waals surface area (Å²) in [6.45, 7) is 0.377. The minimum atomic E-state index is -0.419. The number of hydrogen-bond donors (Lipinski definition) is 1. The van der Waals surface area contributed by atoms with Crippen molar-refractivity contribution < 1.29 is 13.9 Å². The summed E-state index contributed by atoms with van der Waals surface area (Å²) in [5.74, 6) is 1.69. The van der Waals surface area contributed by atoms with E-state index in [2.05, 4.69) is 10.3 Å². The molecule has 0 saturated carbocycles. The smallest absolute Gasteiger partial charge is 0.232 e. The summed E-state index contributed by atoms with van der Waals surface area (Å²) in [4.78, 5) is 17.5. The van der Waals surface area contributed by atoms with Gasteiger partial charge in [-0.25, -0.2) is 0 Å². The van der Waals surface area contributed by atoms with Crippen LogP contribution in [0.4, 0.5) is 0 Å². The third-order valence-electron chi connectivity index (χ3n) is 5.01. The van der Waals surface area contributed by atoms with Crippen LogP contribution in [0.1, 0.15) is 22.6 Å². The van der Waals surface area contributed by atoms with Gasteiger partial charge in [0, 0.05) is 35.6 Å². The number of pyridine rings is 1. The summed E-state index contributed by atoms with van der Waals surface area (Å²) >= 11 is 0. The highest BCUT2D eigenvalue weighted by molar-refractivity contribution is 5.89. The van der Waals surface area contributed by atoms with Crippen LogP contribution in [-0.2, 0) is 11.3 Å². The van der Waals surface area contributed by atoms with Gasteiger partial charge in [-0.15, -0.1) is 0 Å². The predicted octanol–water partition coefficient (Wildman–Crippen LogP) is 4.90. The van der Waals surface area contributed by atoms with Crippen molar-refractivity contribution in [1.29, 1.82) is 0 Å². The third kappa shape index (κ3) is 3.27. The van der Waals surface area contributed by atoms with Gasteiger partial charge in [-0.1, -0.05) is 36.4 Å². The van der Waals surface area contributed by atoms with Gasteiger partial charge in [-0.05, 0) is 35.9 Å². The highest BCUT2D eigenvalue weighted by Gasteiger charge is 2.32. The first kappa shape index (κ1) is 17.3. The SMILES string of the molecule is O=C(NCc1cncc(-c2ccco2)c1)C1c2ccccc2Oc2ccccc21. The zero-order chi connectivity index (χ0) is 19.6. The molecular formula is C24H18N2O3. The van der Waals surface area contributed by atoms with Gasteiger partial charge in [-0.2, -0.15) is 0 Å². The first-order chi connectivity index (χ1) is 14.3. The zero-order valence-corrected chi connectivity index (χ0v) is 15.5. The number of carbonyl (C=O) groups excluding carboxylic acids is 1. The van der Waals surface area contributed by atoms with Crippen molar-refractivity contribution in [1.82, 2.24) is 10.3 Å². The largest absolute Gasteiger partial charge is 0.464 e. The second kappa shape index (κ2) is 7.28. The number of para-hydroxylation sites is 2.